The van der Waals surface area contributed by atoms with Crippen molar-refractivity contribution < 1.29 is 14.3 Å². The first-order chi connectivity index (χ1) is 5.34. The van der Waals surface area contributed by atoms with Crippen LogP contribution in [0.5, 0.6) is 0 Å². The van der Waals surface area contributed by atoms with Gasteiger partial charge < -0.3 is 14.4 Å². The van der Waals surface area contributed by atoms with E-state index in [-0.39, 0.29) is 12.9 Å². The summed E-state index contributed by atoms with van der Waals surface area (Å²) in [6, 6.07) is 0. The van der Waals surface area contributed by atoms with Crippen LogP contribution in [0.4, 0.5) is 4.79 Å². The number of nitrogens with zero attached hydrogens (tertiary/aromatic N) is 1. The highest BCUT2D eigenvalue weighted by Crippen LogP contribution is 2.08. The predicted octanol–water partition coefficient (Wildman–Crippen LogP) is 0.823. The zero-order valence-electron chi connectivity index (χ0n) is 6.71. The second-order valence-electron chi connectivity index (χ2n) is 2.51. The van der Waals surface area contributed by atoms with Crippen molar-refractivity contribution in [3.63, 3.8) is 0 Å². The average molecular weight is 159 g/mol. The van der Waals surface area contributed by atoms with Crippen LogP contribution >= 0.6 is 0 Å². The summed E-state index contributed by atoms with van der Waals surface area (Å²) in [6.07, 6.45) is 1.91. The van der Waals surface area contributed by atoms with Crippen LogP contribution in [0.1, 0.15) is 12.8 Å². The first-order valence-corrected chi connectivity index (χ1v) is 3.75. The first-order valence-electron chi connectivity index (χ1n) is 3.75. The summed E-state index contributed by atoms with van der Waals surface area (Å²) in [7, 11) is 1.50. The van der Waals surface area contributed by atoms with Crippen molar-refractivity contribution in [3.05, 3.63) is 0 Å². The van der Waals surface area contributed by atoms with Crippen molar-refractivity contribution in [2.45, 2.75) is 12.8 Å². The van der Waals surface area contributed by atoms with Crippen LogP contribution in [0.3, 0.4) is 0 Å². The van der Waals surface area contributed by atoms with E-state index < -0.39 is 0 Å². The van der Waals surface area contributed by atoms with E-state index in [2.05, 4.69) is 4.74 Å². The number of carbonyl (C=O) groups excluding carboxylic acids is 1. The van der Waals surface area contributed by atoms with Gasteiger partial charge in [0.25, 0.3) is 0 Å². The molecule has 1 heterocycles. The fourth-order valence-electron chi connectivity index (χ4n) is 1.10. The van der Waals surface area contributed by atoms with E-state index in [4.69, 9.17) is 4.74 Å². The van der Waals surface area contributed by atoms with Gasteiger partial charge in [0, 0.05) is 20.2 Å². The molecule has 1 aliphatic heterocycles. The van der Waals surface area contributed by atoms with E-state index in [0.29, 0.717) is 0 Å². The van der Waals surface area contributed by atoms with Gasteiger partial charge in [-0.05, 0) is 12.8 Å². The van der Waals surface area contributed by atoms with Crippen molar-refractivity contribution >= 4 is 6.09 Å². The highest BCUT2D eigenvalue weighted by molar-refractivity contribution is 5.67. The highest BCUT2D eigenvalue weighted by Gasteiger charge is 2.18. The summed E-state index contributed by atoms with van der Waals surface area (Å²) < 4.78 is 9.34. The van der Waals surface area contributed by atoms with Crippen molar-refractivity contribution in [1.82, 2.24) is 4.90 Å². The van der Waals surface area contributed by atoms with E-state index >= 15 is 0 Å². The Kier molecular flexibility index (Phi) is 3.16. The van der Waals surface area contributed by atoms with Crippen LogP contribution in [0, 0.1) is 0 Å². The van der Waals surface area contributed by atoms with Crippen LogP contribution in [0.15, 0.2) is 0 Å². The van der Waals surface area contributed by atoms with E-state index in [1.165, 1.54) is 7.11 Å². The zero-order valence-corrected chi connectivity index (χ0v) is 6.71. The van der Waals surface area contributed by atoms with Gasteiger partial charge in [0.05, 0.1) is 0 Å². The molecule has 0 atom stereocenters. The minimum Gasteiger partial charge on any atom is -0.422 e. The summed E-state index contributed by atoms with van der Waals surface area (Å²) in [6.45, 7) is 1.69. The second kappa shape index (κ2) is 4.18. The molecule has 0 spiro atoms. The number of likely N-dealkylation sites (tertiary alicyclic amines) is 1. The summed E-state index contributed by atoms with van der Waals surface area (Å²) in [5.41, 5.74) is 0. The quantitative estimate of drug-likeness (QED) is 0.560. The van der Waals surface area contributed by atoms with Gasteiger partial charge in [-0.3, -0.25) is 0 Å². The molecule has 0 radical (unpaired) electrons. The number of rotatable bonds is 2. The molecule has 64 valence electrons. The highest BCUT2D eigenvalue weighted by atomic mass is 16.7. The Morgan fingerprint density at radius 3 is 2.64 bits per heavy atom. The minimum absolute atomic E-state index is 0.0509. The van der Waals surface area contributed by atoms with Gasteiger partial charge in [-0.25, -0.2) is 4.79 Å². The number of amides is 1. The standard InChI is InChI=1S/C7H13NO3/c1-10-6-11-7(9)8-4-2-3-5-8/h2-6H2,1H3. The summed E-state index contributed by atoms with van der Waals surface area (Å²) in [5, 5.41) is 0. The predicted molar refractivity (Wildman–Crippen MR) is 39.2 cm³/mol. The molecule has 0 aromatic carbocycles. The maximum absolute atomic E-state index is 11.0. The van der Waals surface area contributed by atoms with Crippen molar-refractivity contribution in [2.24, 2.45) is 0 Å². The Bertz CT molecular complexity index is 132. The fraction of sp³-hybridized carbons (Fsp3) is 0.857. The molecule has 0 N–H and O–H groups in total. The molecular weight excluding hydrogens is 146 g/mol. The lowest BCUT2D eigenvalue weighted by Crippen LogP contribution is -2.28. The lowest BCUT2D eigenvalue weighted by atomic mass is 10.4. The van der Waals surface area contributed by atoms with Crippen molar-refractivity contribution in [3.8, 4) is 0 Å². The molecular formula is C7H13NO3. The van der Waals surface area contributed by atoms with Crippen molar-refractivity contribution in [2.75, 3.05) is 27.0 Å². The van der Waals surface area contributed by atoms with Gasteiger partial charge in [-0.15, -0.1) is 0 Å². The number of methoxy groups -OCH3 is 1. The van der Waals surface area contributed by atoms with Crippen LogP contribution in [-0.2, 0) is 9.47 Å². The van der Waals surface area contributed by atoms with Crippen LogP contribution in [0.25, 0.3) is 0 Å². The number of hydrogen-bond acceptors (Lipinski definition) is 3. The topological polar surface area (TPSA) is 38.8 Å². The van der Waals surface area contributed by atoms with E-state index in [0.717, 1.165) is 25.9 Å². The summed E-state index contributed by atoms with van der Waals surface area (Å²) in [5.74, 6) is 0. The maximum Gasteiger partial charge on any atom is 0.411 e. The Labute approximate surface area is 66.1 Å². The Morgan fingerprint density at radius 2 is 2.09 bits per heavy atom. The SMILES string of the molecule is COCOC(=O)N1CCCC1. The largest absolute Gasteiger partial charge is 0.422 e. The van der Waals surface area contributed by atoms with Gasteiger partial charge in [0.2, 0.25) is 0 Å². The second-order valence-corrected chi connectivity index (χ2v) is 2.51. The summed E-state index contributed by atoms with van der Waals surface area (Å²) >= 11 is 0. The molecule has 0 aliphatic carbocycles. The minimum atomic E-state index is -0.260. The molecule has 0 saturated carbocycles. The Balaban J connectivity index is 2.17. The average Bonchev–Trinajstić information content (AvgIpc) is 2.52. The molecule has 1 saturated heterocycles. The molecule has 4 nitrogen and oxygen atoms in total. The molecule has 1 aliphatic rings. The molecule has 0 aromatic rings. The molecule has 11 heavy (non-hydrogen) atoms. The monoisotopic (exact) mass is 159 g/mol. The molecule has 1 amide bonds. The van der Waals surface area contributed by atoms with Gasteiger partial charge in [0.15, 0.2) is 6.79 Å². The molecule has 0 unspecified atom stereocenters. The van der Waals surface area contributed by atoms with E-state index in [1.807, 2.05) is 0 Å². The third-order valence-electron chi connectivity index (χ3n) is 1.66. The molecule has 4 heteroatoms. The van der Waals surface area contributed by atoms with Crippen LogP contribution in [0.2, 0.25) is 0 Å². The first kappa shape index (κ1) is 8.33. The Morgan fingerprint density at radius 1 is 1.45 bits per heavy atom. The zero-order chi connectivity index (χ0) is 8.10. The lowest BCUT2D eigenvalue weighted by molar-refractivity contribution is -0.00182. The van der Waals surface area contributed by atoms with Gasteiger partial charge in [-0.1, -0.05) is 0 Å². The van der Waals surface area contributed by atoms with Crippen LogP contribution < -0.4 is 0 Å². The molecule has 1 rings (SSSR count). The molecule has 0 aromatic heterocycles. The number of hydrogen-bond donors (Lipinski definition) is 0. The van der Waals surface area contributed by atoms with Crippen LogP contribution in [-0.4, -0.2) is 38.0 Å². The third-order valence-corrected chi connectivity index (χ3v) is 1.66. The van der Waals surface area contributed by atoms with Gasteiger partial charge in [-0.2, -0.15) is 0 Å². The molecule has 1 fully saturated rings. The van der Waals surface area contributed by atoms with E-state index in [9.17, 15) is 4.79 Å². The lowest BCUT2D eigenvalue weighted by Gasteiger charge is -2.13. The summed E-state index contributed by atoms with van der Waals surface area (Å²) in [4.78, 5) is 12.7. The van der Waals surface area contributed by atoms with Gasteiger partial charge >= 0.3 is 6.09 Å². The smallest absolute Gasteiger partial charge is 0.411 e. The van der Waals surface area contributed by atoms with Crippen molar-refractivity contribution in [1.29, 1.82) is 0 Å². The third kappa shape index (κ3) is 2.38. The maximum atomic E-state index is 11.0. The van der Waals surface area contributed by atoms with Gasteiger partial charge in [0.1, 0.15) is 0 Å². The van der Waals surface area contributed by atoms with E-state index in [1.54, 1.807) is 4.90 Å². The number of carbonyl (C=O) groups is 1. The number of ether oxygens (including phenoxy) is 2. The normalized spacial score (nSPS) is 17.0. The molecule has 0 bridgehead atoms. The Hall–Kier alpha value is -0.770. The fourth-order valence-corrected chi connectivity index (χ4v) is 1.10.